The van der Waals surface area contributed by atoms with Gasteiger partial charge in [0, 0.05) is 6.54 Å². The Labute approximate surface area is 164 Å². The van der Waals surface area contributed by atoms with E-state index < -0.39 is 34.4 Å². The maximum Gasteiger partial charge on any atom is 1.00 e. The molecule has 2 fully saturated rings. The standard InChI is InChI=1S/C11H13N5O7S.Na/c12-9(14-10(17)7-4-22-5-13-7)8-2-1-6-3-15(8)11(18)16(6)23-24(19,20)21;/h4-6,8H,1-3H2,(H2,12,14,17)(H,19,20,21);/q;+1/p-1/t6-,8+;/m1./s1. The average Bonchev–Trinajstić information content (AvgIpc) is 3.11. The van der Waals surface area contributed by atoms with Gasteiger partial charge in [0.2, 0.25) is 10.4 Å². The van der Waals surface area contributed by atoms with Gasteiger partial charge in [-0.05, 0) is 12.8 Å². The minimum absolute atomic E-state index is 0. The van der Waals surface area contributed by atoms with Crippen molar-refractivity contribution in [2.24, 2.45) is 10.7 Å². The van der Waals surface area contributed by atoms with Crippen molar-refractivity contribution in [2.45, 2.75) is 24.9 Å². The van der Waals surface area contributed by atoms with Crippen LogP contribution in [-0.2, 0) is 14.7 Å². The number of amides is 3. The zero-order chi connectivity index (χ0) is 17.5. The first kappa shape index (κ1) is 19.8. The Morgan fingerprint density at radius 3 is 2.80 bits per heavy atom. The van der Waals surface area contributed by atoms with Crippen molar-refractivity contribution in [2.75, 3.05) is 6.54 Å². The zero-order valence-electron chi connectivity index (χ0n) is 13.1. The normalized spacial score (nSPS) is 23.6. The second-order valence-electron chi connectivity index (χ2n) is 5.21. The summed E-state index contributed by atoms with van der Waals surface area (Å²) in [5, 5.41) is 0.523. The number of rotatable bonds is 4. The smallest absolute Gasteiger partial charge is 0.724 e. The van der Waals surface area contributed by atoms with Gasteiger partial charge in [-0.2, -0.15) is 14.3 Å². The van der Waals surface area contributed by atoms with Crippen molar-refractivity contribution in [1.82, 2.24) is 14.9 Å². The number of nitrogens with zero attached hydrogens (tertiary/aromatic N) is 4. The molecule has 3 heterocycles. The molecule has 14 heteroatoms. The van der Waals surface area contributed by atoms with Gasteiger partial charge < -0.3 is 19.6 Å². The molecular formula is C11H12N5NaO7S. The molecule has 3 amide bonds. The first-order valence-corrected chi connectivity index (χ1v) is 8.11. The van der Waals surface area contributed by atoms with E-state index in [1.807, 2.05) is 0 Å². The average molecular weight is 381 g/mol. The molecule has 12 nitrogen and oxygen atoms in total. The van der Waals surface area contributed by atoms with Crippen LogP contribution in [0.15, 0.2) is 22.1 Å². The fourth-order valence-corrected chi connectivity index (χ4v) is 3.09. The molecule has 2 aliphatic heterocycles. The number of oxazole rings is 1. The van der Waals surface area contributed by atoms with Gasteiger partial charge in [-0.15, -0.1) is 0 Å². The minimum Gasteiger partial charge on any atom is -0.724 e. The summed E-state index contributed by atoms with van der Waals surface area (Å²) in [5.74, 6) is -0.855. The third kappa shape index (κ3) is 4.19. The molecule has 2 atom stereocenters. The van der Waals surface area contributed by atoms with Crippen LogP contribution in [0.2, 0.25) is 0 Å². The molecule has 130 valence electrons. The summed E-state index contributed by atoms with van der Waals surface area (Å²) < 4.78 is 41.0. The van der Waals surface area contributed by atoms with Crippen LogP contribution in [0, 0.1) is 0 Å². The van der Waals surface area contributed by atoms with E-state index in [9.17, 15) is 22.6 Å². The quantitative estimate of drug-likeness (QED) is 0.179. The fourth-order valence-electron chi connectivity index (χ4n) is 2.70. The number of hydrogen-bond acceptors (Lipinski definition) is 8. The van der Waals surface area contributed by atoms with E-state index in [4.69, 9.17) is 5.73 Å². The van der Waals surface area contributed by atoms with Gasteiger partial charge >= 0.3 is 41.5 Å². The van der Waals surface area contributed by atoms with E-state index in [0.717, 1.165) is 12.7 Å². The Morgan fingerprint density at radius 2 is 2.20 bits per heavy atom. The summed E-state index contributed by atoms with van der Waals surface area (Å²) in [6.07, 6.45) is 2.83. The molecule has 3 rings (SSSR count). The van der Waals surface area contributed by atoms with Gasteiger partial charge in [0.15, 0.2) is 12.1 Å². The van der Waals surface area contributed by atoms with Gasteiger partial charge in [-0.3, -0.25) is 4.79 Å². The molecule has 1 aromatic rings. The van der Waals surface area contributed by atoms with Gasteiger partial charge in [0.05, 0.1) is 12.1 Å². The SMILES string of the molecule is NC(=NC(=O)c1cocn1)[C@@H]1CC[C@@H]2CN1C(=O)N2OS(=O)(=O)[O-].[Na+]. The molecule has 0 aliphatic carbocycles. The second-order valence-corrected chi connectivity index (χ2v) is 6.17. The molecule has 1 aromatic heterocycles. The number of aliphatic imine (C=N–C) groups is 1. The molecule has 0 saturated carbocycles. The fraction of sp³-hybridized carbons (Fsp3) is 0.455. The molecule has 0 spiro atoms. The van der Waals surface area contributed by atoms with Crippen molar-refractivity contribution >= 4 is 28.2 Å². The van der Waals surface area contributed by atoms with Crippen molar-refractivity contribution < 1.29 is 60.8 Å². The molecule has 0 aromatic carbocycles. The van der Waals surface area contributed by atoms with E-state index in [-0.39, 0.29) is 47.6 Å². The van der Waals surface area contributed by atoms with E-state index in [2.05, 4.69) is 18.7 Å². The number of fused-ring (bicyclic) bond motifs is 2. The van der Waals surface area contributed by atoms with Crippen molar-refractivity contribution in [3.63, 3.8) is 0 Å². The maximum absolute atomic E-state index is 12.2. The summed E-state index contributed by atoms with van der Waals surface area (Å²) in [6.45, 7) is 0.105. The van der Waals surface area contributed by atoms with E-state index in [1.54, 1.807) is 0 Å². The first-order chi connectivity index (χ1) is 11.3. The number of carbonyl (C=O) groups excluding carboxylic acids is 2. The van der Waals surface area contributed by atoms with Crippen LogP contribution in [0.1, 0.15) is 23.3 Å². The third-order valence-corrected chi connectivity index (χ3v) is 4.06. The molecule has 2 bridgehead atoms. The van der Waals surface area contributed by atoms with Crippen LogP contribution in [-0.4, -0.2) is 64.3 Å². The number of hydroxylamine groups is 2. The van der Waals surface area contributed by atoms with Gasteiger partial charge in [-0.1, -0.05) is 0 Å². The van der Waals surface area contributed by atoms with Crippen LogP contribution in [0.3, 0.4) is 0 Å². The van der Waals surface area contributed by atoms with Crippen LogP contribution < -0.4 is 35.3 Å². The number of urea groups is 1. The Hall–Kier alpha value is -1.51. The van der Waals surface area contributed by atoms with E-state index >= 15 is 0 Å². The van der Waals surface area contributed by atoms with Crippen LogP contribution in [0.25, 0.3) is 0 Å². The van der Waals surface area contributed by atoms with E-state index in [0.29, 0.717) is 17.9 Å². The number of amidine groups is 1. The zero-order valence-corrected chi connectivity index (χ0v) is 15.9. The minimum atomic E-state index is -5.07. The van der Waals surface area contributed by atoms with Gasteiger partial charge in [0.1, 0.15) is 12.1 Å². The van der Waals surface area contributed by atoms with Crippen LogP contribution in [0.5, 0.6) is 0 Å². The molecular weight excluding hydrogens is 369 g/mol. The number of carbonyl (C=O) groups is 2. The maximum atomic E-state index is 12.2. The predicted molar refractivity (Wildman–Crippen MR) is 74.0 cm³/mol. The monoisotopic (exact) mass is 381 g/mol. The van der Waals surface area contributed by atoms with Crippen molar-refractivity contribution in [3.8, 4) is 0 Å². The van der Waals surface area contributed by atoms with Crippen LogP contribution >= 0.6 is 0 Å². The first-order valence-electron chi connectivity index (χ1n) is 6.78. The number of aromatic nitrogens is 1. The number of piperidine rings is 1. The van der Waals surface area contributed by atoms with E-state index in [1.165, 1.54) is 4.90 Å². The molecule has 0 radical (unpaired) electrons. The third-order valence-electron chi connectivity index (χ3n) is 3.72. The summed E-state index contributed by atoms with van der Waals surface area (Å²) >= 11 is 0. The van der Waals surface area contributed by atoms with Crippen molar-refractivity contribution in [3.05, 3.63) is 18.4 Å². The number of nitrogens with two attached hydrogens (primary N) is 1. The number of hydrogen-bond donors (Lipinski definition) is 1. The Bertz CT molecular complexity index is 796. The predicted octanol–water partition coefficient (Wildman–Crippen LogP) is -4.16. The molecule has 0 unspecified atom stereocenters. The summed E-state index contributed by atoms with van der Waals surface area (Å²) in [4.78, 5) is 32.6. The summed E-state index contributed by atoms with van der Waals surface area (Å²) in [6, 6.07) is -2.13. The molecule has 2 saturated heterocycles. The second kappa shape index (κ2) is 7.39. The molecule has 25 heavy (non-hydrogen) atoms. The topological polar surface area (TPSA) is 171 Å². The van der Waals surface area contributed by atoms with Gasteiger partial charge in [0.25, 0.3) is 0 Å². The Balaban J connectivity index is 0.00000225. The summed E-state index contributed by atoms with van der Waals surface area (Å²) in [5.41, 5.74) is 5.77. The Morgan fingerprint density at radius 1 is 1.48 bits per heavy atom. The van der Waals surface area contributed by atoms with Crippen LogP contribution in [0.4, 0.5) is 4.79 Å². The van der Waals surface area contributed by atoms with Crippen molar-refractivity contribution in [1.29, 1.82) is 0 Å². The van der Waals surface area contributed by atoms with Gasteiger partial charge in [-0.25, -0.2) is 18.2 Å². The molecule has 2 N–H and O–H groups in total. The largest absolute Gasteiger partial charge is 1.00 e. The Kier molecular flexibility index (Phi) is 5.86. The molecule has 2 aliphatic rings. The summed E-state index contributed by atoms with van der Waals surface area (Å²) in [7, 11) is -5.07.